The molecule has 0 saturated carbocycles. The van der Waals surface area contributed by atoms with Crippen LogP contribution >= 0.6 is 0 Å². The Balaban J connectivity index is 2.38. The van der Waals surface area contributed by atoms with Crippen molar-refractivity contribution < 1.29 is 9.47 Å². The summed E-state index contributed by atoms with van der Waals surface area (Å²) in [4.78, 5) is 7.19. The number of aliphatic imine (C=N–C) groups is 1. The van der Waals surface area contributed by atoms with Gasteiger partial charge in [-0.15, -0.1) is 0 Å². The van der Waals surface area contributed by atoms with Crippen LogP contribution in [-0.4, -0.2) is 75.5 Å². The zero-order chi connectivity index (χ0) is 18.9. The number of guanidine groups is 1. The molecule has 0 aliphatic carbocycles. The molecule has 1 fully saturated rings. The fourth-order valence-electron chi connectivity index (χ4n) is 3.19. The molecule has 0 aromatic carbocycles. The summed E-state index contributed by atoms with van der Waals surface area (Å²) < 4.78 is 11.4. The summed E-state index contributed by atoms with van der Waals surface area (Å²) >= 11 is 0. The van der Waals surface area contributed by atoms with Crippen molar-refractivity contribution in [2.24, 2.45) is 10.4 Å². The van der Waals surface area contributed by atoms with Crippen LogP contribution in [0.1, 0.15) is 48.0 Å². The van der Waals surface area contributed by atoms with E-state index in [1.54, 1.807) is 7.11 Å². The first-order valence-corrected chi connectivity index (χ1v) is 9.69. The molecule has 6 heteroatoms. The zero-order valence-electron chi connectivity index (χ0n) is 17.4. The van der Waals surface area contributed by atoms with E-state index in [-0.39, 0.29) is 11.5 Å². The van der Waals surface area contributed by atoms with E-state index in [1.165, 1.54) is 0 Å². The maximum absolute atomic E-state index is 5.79. The highest BCUT2D eigenvalue weighted by Gasteiger charge is 2.24. The smallest absolute Gasteiger partial charge is 0.191 e. The monoisotopic (exact) mass is 356 g/mol. The summed E-state index contributed by atoms with van der Waals surface area (Å²) in [5, 5.41) is 6.75. The molecule has 1 heterocycles. The second kappa shape index (κ2) is 11.0. The highest BCUT2D eigenvalue weighted by molar-refractivity contribution is 5.79. The van der Waals surface area contributed by atoms with E-state index in [1.807, 2.05) is 0 Å². The predicted molar refractivity (Wildman–Crippen MR) is 105 cm³/mol. The largest absolute Gasteiger partial charge is 0.379 e. The number of methoxy groups -OCH3 is 1. The molecule has 0 spiro atoms. The Labute approximate surface area is 154 Å². The summed E-state index contributed by atoms with van der Waals surface area (Å²) in [5.41, 5.74) is 0.0826. The molecular formula is C19H40N4O2. The molecule has 3 atom stereocenters. The Kier molecular flexibility index (Phi) is 9.75. The molecule has 0 bridgehead atoms. The van der Waals surface area contributed by atoms with Gasteiger partial charge in [-0.3, -0.25) is 9.89 Å². The molecule has 1 aliphatic rings. The van der Waals surface area contributed by atoms with Crippen LogP contribution in [-0.2, 0) is 9.47 Å². The fourth-order valence-corrected chi connectivity index (χ4v) is 3.19. The Bertz CT molecular complexity index is 385. The van der Waals surface area contributed by atoms with E-state index < -0.39 is 0 Å². The Hall–Kier alpha value is -0.850. The van der Waals surface area contributed by atoms with Crippen LogP contribution in [0.3, 0.4) is 0 Å². The first kappa shape index (κ1) is 22.2. The summed E-state index contributed by atoms with van der Waals surface area (Å²) in [5.74, 6) is 0.873. The Morgan fingerprint density at radius 3 is 2.40 bits per heavy atom. The van der Waals surface area contributed by atoms with Gasteiger partial charge < -0.3 is 20.1 Å². The van der Waals surface area contributed by atoms with Gasteiger partial charge >= 0.3 is 0 Å². The third-order valence-corrected chi connectivity index (χ3v) is 4.45. The minimum absolute atomic E-state index is 0.0826. The molecule has 1 saturated heterocycles. The van der Waals surface area contributed by atoms with Crippen molar-refractivity contribution in [3.8, 4) is 0 Å². The maximum atomic E-state index is 5.79. The summed E-state index contributed by atoms with van der Waals surface area (Å²) in [6.45, 7) is 18.5. The quantitative estimate of drug-likeness (QED) is 0.396. The van der Waals surface area contributed by atoms with E-state index in [0.717, 1.165) is 45.1 Å². The first-order chi connectivity index (χ1) is 11.8. The number of morpholine rings is 1. The van der Waals surface area contributed by atoms with Crippen molar-refractivity contribution >= 4 is 5.96 Å². The fraction of sp³-hybridized carbons (Fsp3) is 0.947. The predicted octanol–water partition coefficient (Wildman–Crippen LogP) is 2.10. The molecule has 0 radical (unpaired) electrons. The molecule has 0 aromatic heterocycles. The average Bonchev–Trinajstić information content (AvgIpc) is 2.49. The van der Waals surface area contributed by atoms with Crippen molar-refractivity contribution in [1.29, 1.82) is 0 Å². The minimum Gasteiger partial charge on any atom is -0.379 e. The topological polar surface area (TPSA) is 58.1 Å². The average molecular weight is 357 g/mol. The standard InChI is InChI=1S/C19H40N4O2/c1-8-20-18(22-12-17(24-7)19(4,5)6)21-10-9-11-23-13-15(2)25-16(3)14-23/h15-17H,8-14H2,1-7H3,(H2,20,21,22). The lowest BCUT2D eigenvalue weighted by atomic mass is 9.89. The summed E-state index contributed by atoms with van der Waals surface area (Å²) in [6.07, 6.45) is 1.87. The number of ether oxygens (including phenoxy) is 2. The molecule has 148 valence electrons. The third-order valence-electron chi connectivity index (χ3n) is 4.45. The molecule has 3 unspecified atom stereocenters. The van der Waals surface area contributed by atoms with Gasteiger partial charge in [0.25, 0.3) is 0 Å². The van der Waals surface area contributed by atoms with Gasteiger partial charge in [0.15, 0.2) is 5.96 Å². The van der Waals surface area contributed by atoms with Crippen molar-refractivity contribution in [1.82, 2.24) is 15.5 Å². The third kappa shape index (κ3) is 8.88. The number of nitrogens with one attached hydrogen (secondary N) is 2. The van der Waals surface area contributed by atoms with Crippen LogP contribution < -0.4 is 10.6 Å². The van der Waals surface area contributed by atoms with Crippen LogP contribution in [0.2, 0.25) is 0 Å². The molecule has 0 amide bonds. The van der Waals surface area contributed by atoms with Gasteiger partial charge in [0.1, 0.15) is 0 Å². The van der Waals surface area contributed by atoms with E-state index in [4.69, 9.17) is 14.5 Å². The van der Waals surface area contributed by atoms with Crippen LogP contribution in [0.4, 0.5) is 0 Å². The SMILES string of the molecule is CCNC(=NCC(OC)C(C)(C)C)NCCCN1CC(C)OC(C)C1. The highest BCUT2D eigenvalue weighted by Crippen LogP contribution is 2.21. The molecular weight excluding hydrogens is 316 g/mol. The van der Waals surface area contributed by atoms with Gasteiger partial charge in [0.2, 0.25) is 0 Å². The van der Waals surface area contributed by atoms with Crippen LogP contribution in [0.5, 0.6) is 0 Å². The van der Waals surface area contributed by atoms with Gasteiger partial charge in [0.05, 0.1) is 24.9 Å². The first-order valence-electron chi connectivity index (χ1n) is 9.69. The molecule has 6 nitrogen and oxygen atoms in total. The van der Waals surface area contributed by atoms with Gasteiger partial charge in [-0.25, -0.2) is 0 Å². The maximum Gasteiger partial charge on any atom is 0.191 e. The molecule has 2 N–H and O–H groups in total. The number of nitrogens with zero attached hydrogens (tertiary/aromatic N) is 2. The lowest BCUT2D eigenvalue weighted by Gasteiger charge is -2.35. The van der Waals surface area contributed by atoms with Crippen molar-refractivity contribution in [3.63, 3.8) is 0 Å². The van der Waals surface area contributed by atoms with E-state index in [0.29, 0.717) is 18.8 Å². The molecule has 1 rings (SSSR count). The van der Waals surface area contributed by atoms with Gasteiger partial charge in [-0.05, 0) is 32.6 Å². The molecule has 25 heavy (non-hydrogen) atoms. The van der Waals surface area contributed by atoms with E-state index in [9.17, 15) is 0 Å². The van der Waals surface area contributed by atoms with E-state index in [2.05, 4.69) is 57.1 Å². The summed E-state index contributed by atoms with van der Waals surface area (Å²) in [6, 6.07) is 0. The minimum atomic E-state index is 0.0826. The van der Waals surface area contributed by atoms with Gasteiger partial charge in [-0.2, -0.15) is 0 Å². The van der Waals surface area contributed by atoms with Gasteiger partial charge in [-0.1, -0.05) is 20.8 Å². The number of hydrogen-bond donors (Lipinski definition) is 2. The molecule has 1 aliphatic heterocycles. The second-order valence-corrected chi connectivity index (χ2v) is 8.11. The van der Waals surface area contributed by atoms with Gasteiger partial charge in [0, 0.05) is 39.8 Å². The lowest BCUT2D eigenvalue weighted by Crippen LogP contribution is -2.46. The highest BCUT2D eigenvalue weighted by atomic mass is 16.5. The number of rotatable bonds is 8. The van der Waals surface area contributed by atoms with Crippen molar-refractivity contribution in [3.05, 3.63) is 0 Å². The lowest BCUT2D eigenvalue weighted by molar-refractivity contribution is -0.0679. The van der Waals surface area contributed by atoms with Crippen molar-refractivity contribution in [2.75, 3.05) is 46.4 Å². The Morgan fingerprint density at radius 1 is 1.24 bits per heavy atom. The van der Waals surface area contributed by atoms with Crippen molar-refractivity contribution in [2.45, 2.75) is 66.3 Å². The normalized spacial score (nSPS) is 24.2. The molecule has 0 aromatic rings. The second-order valence-electron chi connectivity index (χ2n) is 8.11. The summed E-state index contributed by atoms with van der Waals surface area (Å²) in [7, 11) is 1.76. The Morgan fingerprint density at radius 2 is 1.88 bits per heavy atom. The zero-order valence-corrected chi connectivity index (χ0v) is 17.4. The van der Waals surface area contributed by atoms with Crippen LogP contribution in [0.15, 0.2) is 4.99 Å². The number of hydrogen-bond acceptors (Lipinski definition) is 4. The van der Waals surface area contributed by atoms with E-state index >= 15 is 0 Å². The van der Waals surface area contributed by atoms with Crippen LogP contribution in [0.25, 0.3) is 0 Å². The van der Waals surface area contributed by atoms with Crippen LogP contribution in [0, 0.1) is 5.41 Å².